The molecule has 0 aliphatic carbocycles. The minimum Gasteiger partial charge on any atom is -0.340 e. The molecule has 1 aromatic heterocycles. The fraction of sp³-hybridized carbons (Fsp3) is 0.471. The van der Waals surface area contributed by atoms with E-state index in [1.54, 1.807) is 0 Å². The first-order valence-electron chi connectivity index (χ1n) is 7.81. The summed E-state index contributed by atoms with van der Waals surface area (Å²) in [6.45, 7) is 10.7. The summed E-state index contributed by atoms with van der Waals surface area (Å²) in [5.74, 6) is 1.12. The van der Waals surface area contributed by atoms with Gasteiger partial charge in [-0.2, -0.15) is 0 Å². The third kappa shape index (κ3) is 3.10. The van der Waals surface area contributed by atoms with E-state index in [1.807, 2.05) is 6.20 Å². The lowest BCUT2D eigenvalue weighted by Gasteiger charge is -2.35. The fourth-order valence-corrected chi connectivity index (χ4v) is 2.97. The van der Waals surface area contributed by atoms with Crippen LogP contribution < -0.4 is 4.90 Å². The van der Waals surface area contributed by atoms with Crippen LogP contribution in [0.2, 0.25) is 0 Å². The van der Waals surface area contributed by atoms with Crippen molar-refractivity contribution >= 4 is 5.95 Å². The van der Waals surface area contributed by atoms with E-state index in [9.17, 15) is 0 Å². The number of hydrogen-bond donors (Lipinski definition) is 0. The molecule has 2 heterocycles. The molecule has 0 unspecified atom stereocenters. The summed E-state index contributed by atoms with van der Waals surface area (Å²) in [6, 6.07) is 8.69. The molecular weight excluding hydrogens is 260 g/mol. The Morgan fingerprint density at radius 2 is 1.86 bits per heavy atom. The van der Waals surface area contributed by atoms with Crippen LogP contribution in [0.5, 0.6) is 0 Å². The lowest BCUT2D eigenvalue weighted by atomic mass is 10.1. The Labute approximate surface area is 127 Å². The van der Waals surface area contributed by atoms with Gasteiger partial charge in [0.05, 0.1) is 0 Å². The molecule has 1 aliphatic rings. The Morgan fingerprint density at radius 1 is 1.10 bits per heavy atom. The molecule has 3 rings (SSSR count). The summed E-state index contributed by atoms with van der Waals surface area (Å²) >= 11 is 0. The molecular formula is C17H24N4. The van der Waals surface area contributed by atoms with Gasteiger partial charge in [-0.3, -0.25) is 4.90 Å². The molecule has 0 bridgehead atoms. The largest absolute Gasteiger partial charge is 0.340 e. The number of nitrogens with zero attached hydrogens (tertiary/aromatic N) is 4. The Kier molecular flexibility index (Phi) is 4.25. The summed E-state index contributed by atoms with van der Waals surface area (Å²) < 4.78 is 2.22. The van der Waals surface area contributed by atoms with Gasteiger partial charge in [0.25, 0.3) is 0 Å². The second-order valence-electron chi connectivity index (χ2n) is 5.70. The maximum Gasteiger partial charge on any atom is 0.205 e. The van der Waals surface area contributed by atoms with Gasteiger partial charge in [0.2, 0.25) is 5.95 Å². The molecule has 4 heteroatoms. The summed E-state index contributed by atoms with van der Waals surface area (Å²) in [4.78, 5) is 9.44. The van der Waals surface area contributed by atoms with Gasteiger partial charge in [0.1, 0.15) is 0 Å². The van der Waals surface area contributed by atoms with Crippen LogP contribution in [-0.4, -0.2) is 40.6 Å². The zero-order chi connectivity index (χ0) is 14.7. The number of benzene rings is 1. The van der Waals surface area contributed by atoms with Crippen LogP contribution in [0.4, 0.5) is 5.95 Å². The van der Waals surface area contributed by atoms with E-state index in [2.05, 4.69) is 63.7 Å². The minimum absolute atomic E-state index is 0.985. The van der Waals surface area contributed by atoms with Crippen molar-refractivity contribution < 1.29 is 0 Å². The van der Waals surface area contributed by atoms with Crippen LogP contribution in [0.15, 0.2) is 36.7 Å². The molecule has 112 valence electrons. The topological polar surface area (TPSA) is 24.3 Å². The Balaban J connectivity index is 1.59. The number of hydrogen-bond acceptors (Lipinski definition) is 3. The first-order chi connectivity index (χ1) is 10.3. The zero-order valence-corrected chi connectivity index (χ0v) is 13.0. The average Bonchev–Trinajstić information content (AvgIpc) is 2.99. The number of rotatable bonds is 4. The quantitative estimate of drug-likeness (QED) is 0.862. The highest BCUT2D eigenvalue weighted by Gasteiger charge is 2.20. The van der Waals surface area contributed by atoms with Crippen LogP contribution >= 0.6 is 0 Å². The SMILES string of the molecule is CCn1ccnc1N1CCN(Cc2ccccc2C)CC1. The van der Waals surface area contributed by atoms with Crippen LogP contribution in [0.1, 0.15) is 18.1 Å². The van der Waals surface area contributed by atoms with Crippen molar-refractivity contribution in [3.8, 4) is 0 Å². The van der Waals surface area contributed by atoms with E-state index >= 15 is 0 Å². The first-order valence-corrected chi connectivity index (χ1v) is 7.81. The van der Waals surface area contributed by atoms with Crippen molar-refractivity contribution in [2.24, 2.45) is 0 Å². The van der Waals surface area contributed by atoms with Gasteiger partial charge in [-0.1, -0.05) is 24.3 Å². The maximum atomic E-state index is 4.50. The molecule has 1 fully saturated rings. The molecule has 1 aliphatic heterocycles. The maximum absolute atomic E-state index is 4.50. The number of anilines is 1. The van der Waals surface area contributed by atoms with Gasteiger partial charge >= 0.3 is 0 Å². The van der Waals surface area contributed by atoms with E-state index in [4.69, 9.17) is 0 Å². The number of piperazine rings is 1. The predicted molar refractivity (Wildman–Crippen MR) is 86.6 cm³/mol. The first kappa shape index (κ1) is 14.1. The van der Waals surface area contributed by atoms with Crippen LogP contribution in [0.3, 0.4) is 0 Å². The standard InChI is InChI=1S/C17H24N4/c1-3-20-9-8-18-17(20)21-12-10-19(11-13-21)14-16-7-5-4-6-15(16)2/h4-9H,3,10-14H2,1-2H3. The number of aromatic nitrogens is 2. The van der Waals surface area contributed by atoms with Gasteiger partial charge in [-0.25, -0.2) is 4.98 Å². The van der Waals surface area contributed by atoms with E-state index < -0.39 is 0 Å². The van der Waals surface area contributed by atoms with E-state index in [0.29, 0.717) is 0 Å². The number of imidazole rings is 1. The highest BCUT2D eigenvalue weighted by molar-refractivity contribution is 5.32. The van der Waals surface area contributed by atoms with E-state index in [0.717, 1.165) is 45.2 Å². The third-order valence-electron chi connectivity index (χ3n) is 4.34. The van der Waals surface area contributed by atoms with Crippen molar-refractivity contribution in [2.75, 3.05) is 31.1 Å². The molecule has 1 saturated heterocycles. The van der Waals surface area contributed by atoms with Crippen molar-refractivity contribution in [1.82, 2.24) is 14.5 Å². The van der Waals surface area contributed by atoms with E-state index in [-0.39, 0.29) is 0 Å². The summed E-state index contributed by atoms with van der Waals surface area (Å²) in [7, 11) is 0. The molecule has 0 amide bonds. The molecule has 0 radical (unpaired) electrons. The fourth-order valence-electron chi connectivity index (χ4n) is 2.97. The van der Waals surface area contributed by atoms with Gasteiger partial charge < -0.3 is 9.47 Å². The van der Waals surface area contributed by atoms with Gasteiger partial charge in [-0.15, -0.1) is 0 Å². The molecule has 0 spiro atoms. The Hall–Kier alpha value is -1.81. The highest BCUT2D eigenvalue weighted by atomic mass is 15.3. The van der Waals surface area contributed by atoms with Gasteiger partial charge in [0, 0.05) is 51.7 Å². The normalized spacial score (nSPS) is 16.4. The Bertz CT molecular complexity index is 582. The Morgan fingerprint density at radius 3 is 2.57 bits per heavy atom. The minimum atomic E-state index is 0.985. The van der Waals surface area contributed by atoms with Crippen LogP contribution in [0, 0.1) is 6.92 Å². The second kappa shape index (κ2) is 6.31. The predicted octanol–water partition coefficient (Wildman–Crippen LogP) is 2.53. The summed E-state index contributed by atoms with van der Waals surface area (Å²) in [6.07, 6.45) is 3.97. The number of aryl methyl sites for hydroxylation is 2. The average molecular weight is 284 g/mol. The van der Waals surface area contributed by atoms with Gasteiger partial charge in [0.15, 0.2) is 0 Å². The molecule has 0 atom stereocenters. The van der Waals surface area contributed by atoms with Crippen LogP contribution in [-0.2, 0) is 13.1 Å². The highest BCUT2D eigenvalue weighted by Crippen LogP contribution is 2.16. The zero-order valence-electron chi connectivity index (χ0n) is 13.0. The molecule has 21 heavy (non-hydrogen) atoms. The van der Waals surface area contributed by atoms with Crippen LogP contribution in [0.25, 0.3) is 0 Å². The molecule has 1 aromatic carbocycles. The third-order valence-corrected chi connectivity index (χ3v) is 4.34. The lowest BCUT2D eigenvalue weighted by Crippen LogP contribution is -2.46. The monoisotopic (exact) mass is 284 g/mol. The smallest absolute Gasteiger partial charge is 0.205 e. The van der Waals surface area contributed by atoms with E-state index in [1.165, 1.54) is 11.1 Å². The summed E-state index contributed by atoms with van der Waals surface area (Å²) in [5, 5.41) is 0. The van der Waals surface area contributed by atoms with Gasteiger partial charge in [-0.05, 0) is 25.0 Å². The lowest BCUT2D eigenvalue weighted by molar-refractivity contribution is 0.247. The molecule has 0 N–H and O–H groups in total. The molecule has 4 nitrogen and oxygen atoms in total. The van der Waals surface area contributed by atoms with Crippen molar-refractivity contribution in [3.05, 3.63) is 47.8 Å². The van der Waals surface area contributed by atoms with Crippen molar-refractivity contribution in [3.63, 3.8) is 0 Å². The molecule has 0 saturated carbocycles. The van der Waals surface area contributed by atoms with Crippen molar-refractivity contribution in [1.29, 1.82) is 0 Å². The summed E-state index contributed by atoms with van der Waals surface area (Å²) in [5.41, 5.74) is 2.84. The van der Waals surface area contributed by atoms with Crippen molar-refractivity contribution in [2.45, 2.75) is 26.9 Å². The second-order valence-corrected chi connectivity index (χ2v) is 5.70. The molecule has 2 aromatic rings.